The Morgan fingerprint density at radius 1 is 0.483 bits per heavy atom. The summed E-state index contributed by atoms with van der Waals surface area (Å²) in [7, 11) is 0. The number of quaternary nitrogens is 2. The lowest BCUT2D eigenvalue weighted by molar-refractivity contribution is -0.937. The zero-order valence-electron chi connectivity index (χ0n) is 36.0. The SMILES string of the molecule is CCCCNc1ccc(NC(=O)C[N+]2(Cc3ccccc3)CCCCC2)cc1.CCCCNc1ccc(NC(=O)C[N+]2(Cc3ccccc3)CCCCC2)cc1.O=C([O-])[O-]. The number of carbonyl (C=O) groups excluding carboxylic acids is 3. The molecular formula is C49H68N6O5. The van der Waals surface area contributed by atoms with E-state index in [1.54, 1.807) is 0 Å². The Balaban J connectivity index is 0.000000243. The number of hydrogen-bond donors (Lipinski definition) is 4. The van der Waals surface area contributed by atoms with Crippen molar-refractivity contribution in [2.24, 2.45) is 0 Å². The van der Waals surface area contributed by atoms with Crippen molar-refractivity contribution in [1.82, 2.24) is 0 Å². The average molecular weight is 821 g/mol. The van der Waals surface area contributed by atoms with E-state index in [1.165, 1.54) is 75.3 Å². The number of amides is 2. The Hall–Kier alpha value is -5.39. The summed E-state index contributed by atoms with van der Waals surface area (Å²) in [5.41, 5.74) is 6.60. The number of carboxylic acid groups (broad SMARTS) is 2. The number of anilines is 4. The third-order valence-electron chi connectivity index (χ3n) is 11.3. The number of unbranched alkanes of at least 4 members (excludes halogenated alkanes) is 2. The minimum Gasteiger partial charge on any atom is -0.652 e. The molecule has 0 bridgehead atoms. The van der Waals surface area contributed by atoms with Gasteiger partial charge in [-0.1, -0.05) is 87.4 Å². The number of carbonyl (C=O) groups is 3. The monoisotopic (exact) mass is 821 g/mol. The van der Waals surface area contributed by atoms with Gasteiger partial charge in [0.15, 0.2) is 13.1 Å². The summed E-state index contributed by atoms with van der Waals surface area (Å²) in [6.45, 7) is 13.7. The minimum absolute atomic E-state index is 0.115. The predicted molar refractivity (Wildman–Crippen MR) is 240 cm³/mol. The summed E-state index contributed by atoms with van der Waals surface area (Å²) >= 11 is 0. The van der Waals surface area contributed by atoms with Crippen molar-refractivity contribution >= 4 is 40.7 Å². The Labute approximate surface area is 358 Å². The molecule has 2 aliphatic rings. The molecule has 324 valence electrons. The molecule has 0 saturated carbocycles. The average Bonchev–Trinajstić information content (AvgIpc) is 3.23. The van der Waals surface area contributed by atoms with Crippen LogP contribution in [0.5, 0.6) is 0 Å². The molecule has 60 heavy (non-hydrogen) atoms. The molecule has 4 N–H and O–H groups in total. The van der Waals surface area contributed by atoms with Crippen LogP contribution in [0.1, 0.15) is 89.2 Å². The number of nitrogens with zero attached hydrogens (tertiary/aromatic N) is 2. The van der Waals surface area contributed by atoms with Gasteiger partial charge < -0.3 is 45.2 Å². The molecule has 0 atom stereocenters. The lowest BCUT2D eigenvalue weighted by Gasteiger charge is -2.41. The summed E-state index contributed by atoms with van der Waals surface area (Å²) in [6.07, 6.45) is 9.76. The summed E-state index contributed by atoms with van der Waals surface area (Å²) in [4.78, 5) is 34.0. The van der Waals surface area contributed by atoms with E-state index in [-0.39, 0.29) is 11.8 Å². The molecular weight excluding hydrogens is 753 g/mol. The molecule has 0 aromatic heterocycles. The molecule has 4 aromatic rings. The number of rotatable bonds is 18. The van der Waals surface area contributed by atoms with E-state index < -0.39 is 6.16 Å². The van der Waals surface area contributed by atoms with Crippen molar-refractivity contribution in [3.63, 3.8) is 0 Å². The molecule has 11 nitrogen and oxygen atoms in total. The Morgan fingerprint density at radius 3 is 1.12 bits per heavy atom. The maximum Gasteiger partial charge on any atom is 0.279 e. The second-order valence-electron chi connectivity index (χ2n) is 16.4. The summed E-state index contributed by atoms with van der Waals surface area (Å²) in [6, 6.07) is 37.3. The van der Waals surface area contributed by atoms with E-state index in [0.717, 1.165) is 84.1 Å². The first-order valence-corrected chi connectivity index (χ1v) is 22.1. The molecule has 0 aliphatic carbocycles. The fraction of sp³-hybridized carbons (Fsp3) is 0.449. The van der Waals surface area contributed by atoms with Crippen molar-refractivity contribution < 1.29 is 33.6 Å². The second-order valence-corrected chi connectivity index (χ2v) is 16.4. The lowest BCUT2D eigenvalue weighted by atomic mass is 10.0. The van der Waals surface area contributed by atoms with Crippen LogP contribution in [0.4, 0.5) is 27.5 Å². The van der Waals surface area contributed by atoms with Gasteiger partial charge in [0.05, 0.1) is 26.2 Å². The topological polar surface area (TPSA) is 145 Å². The number of benzene rings is 4. The first-order chi connectivity index (χ1) is 29.1. The lowest BCUT2D eigenvalue weighted by Crippen LogP contribution is -2.54. The van der Waals surface area contributed by atoms with Gasteiger partial charge in [-0.3, -0.25) is 9.59 Å². The highest BCUT2D eigenvalue weighted by molar-refractivity contribution is 5.92. The number of likely N-dealkylation sites (tertiary alicyclic amines) is 2. The van der Waals surface area contributed by atoms with Gasteiger partial charge in [0, 0.05) is 47.0 Å². The summed E-state index contributed by atoms with van der Waals surface area (Å²) < 4.78 is 1.74. The molecule has 0 spiro atoms. The highest BCUT2D eigenvalue weighted by Gasteiger charge is 2.34. The number of nitrogens with one attached hydrogen (secondary N) is 4. The van der Waals surface area contributed by atoms with Crippen molar-refractivity contribution in [1.29, 1.82) is 0 Å². The van der Waals surface area contributed by atoms with Crippen LogP contribution in [-0.4, -0.2) is 79.3 Å². The Bertz CT molecular complexity index is 1680. The van der Waals surface area contributed by atoms with Crippen molar-refractivity contribution in [2.45, 2.75) is 91.1 Å². The first kappa shape index (κ1) is 47.3. The molecule has 2 aliphatic heterocycles. The first-order valence-electron chi connectivity index (χ1n) is 22.1. The minimum atomic E-state index is -2.33. The zero-order chi connectivity index (χ0) is 42.9. The number of piperidine rings is 2. The second kappa shape index (κ2) is 26.0. The largest absolute Gasteiger partial charge is 0.652 e. The molecule has 4 aromatic carbocycles. The van der Waals surface area contributed by atoms with Crippen LogP contribution in [0.2, 0.25) is 0 Å². The third-order valence-corrected chi connectivity index (χ3v) is 11.3. The van der Waals surface area contributed by atoms with Crippen LogP contribution in [0, 0.1) is 0 Å². The highest BCUT2D eigenvalue weighted by atomic mass is 16.6. The fourth-order valence-electron chi connectivity index (χ4n) is 8.22. The molecule has 0 unspecified atom stereocenters. The van der Waals surface area contributed by atoms with Crippen LogP contribution in [0.3, 0.4) is 0 Å². The molecule has 2 fully saturated rings. The summed E-state index contributed by atoms with van der Waals surface area (Å²) in [5, 5.41) is 29.7. The van der Waals surface area contributed by atoms with E-state index in [4.69, 9.17) is 15.0 Å². The van der Waals surface area contributed by atoms with Crippen molar-refractivity contribution in [3.8, 4) is 0 Å². The van der Waals surface area contributed by atoms with Gasteiger partial charge in [-0.05, 0) is 106 Å². The van der Waals surface area contributed by atoms with E-state index in [2.05, 4.69) is 95.8 Å². The van der Waals surface area contributed by atoms with Gasteiger partial charge in [0.2, 0.25) is 0 Å². The molecule has 2 saturated heterocycles. The van der Waals surface area contributed by atoms with Crippen LogP contribution in [0.25, 0.3) is 0 Å². The third kappa shape index (κ3) is 17.8. The van der Waals surface area contributed by atoms with E-state index in [9.17, 15) is 9.59 Å². The molecule has 2 heterocycles. The van der Waals surface area contributed by atoms with Crippen LogP contribution in [0.15, 0.2) is 109 Å². The fourth-order valence-corrected chi connectivity index (χ4v) is 8.22. The van der Waals surface area contributed by atoms with Crippen LogP contribution >= 0.6 is 0 Å². The predicted octanol–water partition coefficient (Wildman–Crippen LogP) is 7.63. The van der Waals surface area contributed by atoms with Gasteiger partial charge >= 0.3 is 0 Å². The van der Waals surface area contributed by atoms with Crippen LogP contribution in [-0.2, 0) is 22.7 Å². The smallest absolute Gasteiger partial charge is 0.279 e. The Morgan fingerprint density at radius 2 is 0.800 bits per heavy atom. The molecule has 0 radical (unpaired) electrons. The van der Waals surface area contributed by atoms with Gasteiger partial charge in [-0.2, -0.15) is 0 Å². The van der Waals surface area contributed by atoms with Crippen LogP contribution < -0.4 is 31.5 Å². The maximum atomic E-state index is 12.8. The summed E-state index contributed by atoms with van der Waals surface area (Å²) in [5.74, 6) is 0.231. The maximum absolute atomic E-state index is 12.8. The van der Waals surface area contributed by atoms with E-state index in [1.807, 2.05) is 48.5 Å². The molecule has 11 heteroatoms. The molecule has 2 amide bonds. The van der Waals surface area contributed by atoms with Crippen molar-refractivity contribution in [3.05, 3.63) is 120 Å². The number of hydrogen-bond acceptors (Lipinski definition) is 7. The standard InChI is InChI=1S/2C24H33N3O.CH2O3/c2*1-2-3-16-25-22-12-14-23(15-13-22)26-24(28)20-27(17-8-5-9-18-27)19-21-10-6-4-7-11-21;2-1(3)4/h2*4,6-7,10-15,25H,2-3,5,8-9,16-20H2,1H3;(H2,2,3,4). The van der Waals surface area contributed by atoms with E-state index >= 15 is 0 Å². The van der Waals surface area contributed by atoms with Gasteiger partial charge in [-0.25, -0.2) is 0 Å². The quantitative estimate of drug-likeness (QED) is 0.0597. The Kier molecular flexibility index (Phi) is 20.5. The van der Waals surface area contributed by atoms with Gasteiger partial charge in [-0.15, -0.1) is 0 Å². The van der Waals surface area contributed by atoms with Crippen molar-refractivity contribution in [2.75, 3.05) is 73.6 Å². The highest BCUT2D eigenvalue weighted by Crippen LogP contribution is 2.25. The normalized spacial score (nSPS) is 15.1. The zero-order valence-corrected chi connectivity index (χ0v) is 36.0. The molecule has 6 rings (SSSR count). The van der Waals surface area contributed by atoms with E-state index in [0.29, 0.717) is 13.1 Å². The van der Waals surface area contributed by atoms with Gasteiger partial charge in [0.25, 0.3) is 11.8 Å². The van der Waals surface area contributed by atoms with Gasteiger partial charge in [0.1, 0.15) is 13.1 Å².